The van der Waals surface area contributed by atoms with Gasteiger partial charge >= 0.3 is 0 Å². The number of pyridine rings is 1. The van der Waals surface area contributed by atoms with Crippen LogP contribution in [-0.2, 0) is 0 Å². The van der Waals surface area contributed by atoms with E-state index in [2.05, 4.69) is 29.0 Å². The predicted octanol–water partition coefficient (Wildman–Crippen LogP) is 5.20. The van der Waals surface area contributed by atoms with Crippen LogP contribution in [0.15, 0.2) is 30.5 Å². The third-order valence-electron chi connectivity index (χ3n) is 4.28. The molecule has 2 rings (SSSR count). The van der Waals surface area contributed by atoms with Crippen LogP contribution in [0, 0.1) is 0 Å². The lowest BCUT2D eigenvalue weighted by atomic mass is 10.1. The van der Waals surface area contributed by atoms with Gasteiger partial charge in [-0.3, -0.25) is 4.98 Å². The minimum absolute atomic E-state index is 0.757. The van der Waals surface area contributed by atoms with Gasteiger partial charge in [0.1, 0.15) is 0 Å². The average molecular weight is 334 g/mol. The van der Waals surface area contributed by atoms with Crippen molar-refractivity contribution in [3.05, 3.63) is 35.5 Å². The lowest BCUT2D eigenvalue weighted by Crippen LogP contribution is -2.23. The summed E-state index contributed by atoms with van der Waals surface area (Å²) in [6.45, 7) is 8.98. The molecule has 1 heterocycles. The third kappa shape index (κ3) is 5.67. The van der Waals surface area contributed by atoms with Crippen molar-refractivity contribution < 1.29 is 0 Å². The van der Waals surface area contributed by atoms with Crippen molar-refractivity contribution in [1.82, 2.24) is 9.88 Å². The molecule has 1 aromatic heterocycles. The molecule has 1 N–H and O–H groups in total. The third-order valence-corrected chi connectivity index (χ3v) is 4.50. The molecule has 0 aliphatic carbocycles. The molecule has 0 radical (unpaired) electrons. The molecule has 126 valence electrons. The Balaban J connectivity index is 1.73. The van der Waals surface area contributed by atoms with Crippen molar-refractivity contribution in [2.75, 3.05) is 31.5 Å². The maximum atomic E-state index is 6.19. The fourth-order valence-corrected chi connectivity index (χ4v) is 3.09. The first kappa shape index (κ1) is 18.0. The zero-order valence-corrected chi connectivity index (χ0v) is 15.1. The number of rotatable bonds is 10. The molecule has 1 aromatic carbocycles. The molecular formula is C19H28ClN3. The van der Waals surface area contributed by atoms with Crippen LogP contribution in [0.3, 0.4) is 0 Å². The van der Waals surface area contributed by atoms with Gasteiger partial charge in [-0.15, -0.1) is 0 Å². The highest BCUT2D eigenvalue weighted by Gasteiger charge is 2.04. The van der Waals surface area contributed by atoms with E-state index in [9.17, 15) is 0 Å². The van der Waals surface area contributed by atoms with Crippen LogP contribution in [-0.4, -0.2) is 36.1 Å². The number of hydrogen-bond donors (Lipinski definition) is 1. The lowest BCUT2D eigenvalue weighted by molar-refractivity contribution is 0.295. The molecule has 0 saturated heterocycles. The van der Waals surface area contributed by atoms with E-state index in [1.807, 2.05) is 30.5 Å². The summed E-state index contributed by atoms with van der Waals surface area (Å²) < 4.78 is 0. The first-order chi connectivity index (χ1) is 11.2. The van der Waals surface area contributed by atoms with Crippen molar-refractivity contribution in [2.45, 2.75) is 39.5 Å². The van der Waals surface area contributed by atoms with Gasteiger partial charge in [0.25, 0.3) is 0 Å². The standard InChI is InChI=1S/C19H28ClN3/c1-3-23(4-2)13-8-6-5-7-11-21-18-15-17(20)14-16-10-9-12-22-19(16)18/h9-10,12,14-15,21H,3-8,11,13H2,1-2H3. The Bertz CT molecular complexity index is 596. The van der Waals surface area contributed by atoms with Gasteiger partial charge in [-0.1, -0.05) is 44.4 Å². The molecule has 4 heteroatoms. The minimum Gasteiger partial charge on any atom is -0.383 e. The molecule has 0 amide bonds. The molecular weight excluding hydrogens is 306 g/mol. The fraction of sp³-hybridized carbons (Fsp3) is 0.526. The molecule has 0 fully saturated rings. The highest BCUT2D eigenvalue weighted by molar-refractivity contribution is 6.31. The zero-order valence-electron chi connectivity index (χ0n) is 14.3. The summed E-state index contributed by atoms with van der Waals surface area (Å²) in [7, 11) is 0. The number of aromatic nitrogens is 1. The summed E-state index contributed by atoms with van der Waals surface area (Å²) in [4.78, 5) is 6.95. The topological polar surface area (TPSA) is 28.2 Å². The normalized spacial score (nSPS) is 11.3. The van der Waals surface area contributed by atoms with Gasteiger partial charge in [0.05, 0.1) is 11.2 Å². The number of benzene rings is 1. The van der Waals surface area contributed by atoms with Gasteiger partial charge in [0, 0.05) is 23.2 Å². The Morgan fingerprint density at radius 1 is 1.09 bits per heavy atom. The first-order valence-corrected chi connectivity index (χ1v) is 9.13. The molecule has 0 atom stereocenters. The number of hydrogen-bond acceptors (Lipinski definition) is 3. The highest BCUT2D eigenvalue weighted by atomic mass is 35.5. The first-order valence-electron chi connectivity index (χ1n) is 8.75. The Morgan fingerprint density at radius 3 is 2.65 bits per heavy atom. The van der Waals surface area contributed by atoms with Gasteiger partial charge in [0.15, 0.2) is 0 Å². The lowest BCUT2D eigenvalue weighted by Gasteiger charge is -2.17. The van der Waals surface area contributed by atoms with Crippen molar-refractivity contribution in [2.24, 2.45) is 0 Å². The van der Waals surface area contributed by atoms with E-state index in [1.165, 1.54) is 32.2 Å². The van der Waals surface area contributed by atoms with Gasteiger partial charge in [-0.25, -0.2) is 0 Å². The summed E-state index contributed by atoms with van der Waals surface area (Å²) in [5.74, 6) is 0. The van der Waals surface area contributed by atoms with Crippen LogP contribution in [0.25, 0.3) is 10.9 Å². The van der Waals surface area contributed by atoms with Crippen LogP contribution in [0.1, 0.15) is 39.5 Å². The second-order valence-electron chi connectivity index (χ2n) is 5.90. The Kier molecular flexibility index (Phi) is 7.63. The molecule has 0 aliphatic rings. The van der Waals surface area contributed by atoms with Crippen LogP contribution >= 0.6 is 11.6 Å². The van der Waals surface area contributed by atoms with Gasteiger partial charge in [-0.05, 0) is 50.7 Å². The molecule has 0 unspecified atom stereocenters. The second kappa shape index (κ2) is 9.74. The summed E-state index contributed by atoms with van der Waals surface area (Å²) in [6.07, 6.45) is 6.87. The van der Waals surface area contributed by atoms with Crippen LogP contribution < -0.4 is 5.32 Å². The van der Waals surface area contributed by atoms with Gasteiger partial charge in [-0.2, -0.15) is 0 Å². The van der Waals surface area contributed by atoms with Crippen LogP contribution in [0.2, 0.25) is 5.02 Å². The van der Waals surface area contributed by atoms with Crippen molar-refractivity contribution in [3.8, 4) is 0 Å². The maximum absolute atomic E-state index is 6.19. The van der Waals surface area contributed by atoms with Crippen LogP contribution in [0.4, 0.5) is 5.69 Å². The largest absolute Gasteiger partial charge is 0.383 e. The molecule has 0 aliphatic heterocycles. The molecule has 0 bridgehead atoms. The fourth-order valence-electron chi connectivity index (χ4n) is 2.87. The number of nitrogens with zero attached hydrogens (tertiary/aromatic N) is 2. The van der Waals surface area contributed by atoms with Gasteiger partial charge < -0.3 is 10.2 Å². The van der Waals surface area contributed by atoms with E-state index >= 15 is 0 Å². The molecule has 0 saturated carbocycles. The monoisotopic (exact) mass is 333 g/mol. The highest BCUT2D eigenvalue weighted by Crippen LogP contribution is 2.26. The van der Waals surface area contributed by atoms with E-state index in [0.717, 1.165) is 41.2 Å². The van der Waals surface area contributed by atoms with Crippen molar-refractivity contribution >= 4 is 28.2 Å². The van der Waals surface area contributed by atoms with E-state index in [4.69, 9.17) is 11.6 Å². The SMILES string of the molecule is CCN(CC)CCCCCCNc1cc(Cl)cc2cccnc12. The summed E-state index contributed by atoms with van der Waals surface area (Å²) in [5.41, 5.74) is 2.04. The van der Waals surface area contributed by atoms with Gasteiger partial charge in [0.2, 0.25) is 0 Å². The van der Waals surface area contributed by atoms with Crippen molar-refractivity contribution in [3.63, 3.8) is 0 Å². The van der Waals surface area contributed by atoms with Crippen molar-refractivity contribution in [1.29, 1.82) is 0 Å². The summed E-state index contributed by atoms with van der Waals surface area (Å²) >= 11 is 6.19. The second-order valence-corrected chi connectivity index (χ2v) is 6.33. The average Bonchev–Trinajstić information content (AvgIpc) is 2.57. The van der Waals surface area contributed by atoms with E-state index in [1.54, 1.807) is 0 Å². The zero-order chi connectivity index (χ0) is 16.5. The van der Waals surface area contributed by atoms with E-state index < -0.39 is 0 Å². The summed E-state index contributed by atoms with van der Waals surface area (Å²) in [6, 6.07) is 7.92. The smallest absolute Gasteiger partial charge is 0.0934 e. The Hall–Kier alpha value is -1.32. The minimum atomic E-state index is 0.757. The Morgan fingerprint density at radius 2 is 1.87 bits per heavy atom. The molecule has 0 spiro atoms. The number of anilines is 1. The predicted molar refractivity (Wildman–Crippen MR) is 101 cm³/mol. The van der Waals surface area contributed by atoms with E-state index in [-0.39, 0.29) is 0 Å². The van der Waals surface area contributed by atoms with E-state index in [0.29, 0.717) is 0 Å². The maximum Gasteiger partial charge on any atom is 0.0934 e. The Labute approximate surface area is 145 Å². The summed E-state index contributed by atoms with van der Waals surface area (Å²) in [5, 5.41) is 5.33. The van der Waals surface area contributed by atoms with Crippen LogP contribution in [0.5, 0.6) is 0 Å². The molecule has 2 aromatic rings. The quantitative estimate of drug-likeness (QED) is 0.605. The number of nitrogens with one attached hydrogen (secondary N) is 1. The molecule has 23 heavy (non-hydrogen) atoms. The number of unbranched alkanes of at least 4 members (excludes halogenated alkanes) is 3. The number of halogens is 1. The molecule has 3 nitrogen and oxygen atoms in total. The number of fused-ring (bicyclic) bond motifs is 1.